The molecule has 3 aromatic rings. The van der Waals surface area contributed by atoms with E-state index in [1.54, 1.807) is 12.4 Å². The van der Waals surface area contributed by atoms with Crippen LogP contribution in [0.5, 0.6) is 0 Å². The van der Waals surface area contributed by atoms with Gasteiger partial charge in [-0.05, 0) is 29.8 Å². The molecule has 2 heterocycles. The Morgan fingerprint density at radius 1 is 1.11 bits per heavy atom. The second-order valence-corrected chi connectivity index (χ2v) is 5.13. The maximum absolute atomic E-state index is 5.70. The van der Waals surface area contributed by atoms with Crippen LogP contribution in [0, 0.1) is 0 Å². The Bertz CT molecular complexity index is 618. The summed E-state index contributed by atoms with van der Waals surface area (Å²) in [5.74, 6) is 0.745. The summed E-state index contributed by atoms with van der Waals surface area (Å²) in [4.78, 5) is 8.66. The first-order chi connectivity index (χ1) is 8.83. The van der Waals surface area contributed by atoms with Crippen molar-refractivity contribution in [3.63, 3.8) is 0 Å². The second-order valence-electron chi connectivity index (χ2n) is 4.03. The number of fused-ring (bicyclic) bond motifs is 1. The molecule has 4 heteroatoms. The molecule has 90 valence electrons. The quantitative estimate of drug-likeness (QED) is 0.689. The maximum atomic E-state index is 5.70. The lowest BCUT2D eigenvalue weighted by Crippen LogP contribution is -1.95. The minimum absolute atomic E-state index is 0.188. The van der Waals surface area contributed by atoms with Crippen LogP contribution in [0.25, 0.3) is 11.1 Å². The fourth-order valence-corrected chi connectivity index (χ4v) is 2.43. The number of nitrogens with zero attached hydrogens (tertiary/aromatic N) is 2. The Morgan fingerprint density at radius 2 is 1.89 bits per heavy atom. The average Bonchev–Trinajstić information content (AvgIpc) is 2.82. The van der Waals surface area contributed by atoms with Crippen molar-refractivity contribution in [3.05, 3.63) is 60.2 Å². The molecule has 0 aliphatic heterocycles. The zero-order valence-electron chi connectivity index (χ0n) is 9.58. The molecule has 0 amide bonds. The van der Waals surface area contributed by atoms with Crippen molar-refractivity contribution in [2.24, 2.45) is 0 Å². The van der Waals surface area contributed by atoms with Gasteiger partial charge in [0.25, 0.3) is 0 Å². The third-order valence-corrected chi connectivity index (χ3v) is 3.61. The predicted molar refractivity (Wildman–Crippen MR) is 73.6 cm³/mol. The van der Waals surface area contributed by atoms with E-state index >= 15 is 0 Å². The van der Waals surface area contributed by atoms with Crippen molar-refractivity contribution >= 4 is 27.0 Å². The van der Waals surface area contributed by atoms with Crippen LogP contribution < -0.4 is 0 Å². The molecule has 18 heavy (non-hydrogen) atoms. The Balaban J connectivity index is 1.84. The van der Waals surface area contributed by atoms with Crippen LogP contribution in [0.4, 0.5) is 0 Å². The number of pyridine rings is 1. The molecule has 0 aliphatic carbocycles. The van der Waals surface area contributed by atoms with Crippen LogP contribution in [0.15, 0.2) is 53.2 Å². The lowest BCUT2D eigenvalue weighted by molar-refractivity contribution is 0.527. The third kappa shape index (κ3) is 2.29. The van der Waals surface area contributed by atoms with Crippen molar-refractivity contribution in [1.29, 1.82) is 0 Å². The van der Waals surface area contributed by atoms with Gasteiger partial charge >= 0.3 is 0 Å². The molecule has 0 bridgehead atoms. The highest BCUT2D eigenvalue weighted by Gasteiger charge is 2.12. The molecule has 1 unspecified atom stereocenters. The smallest absolute Gasteiger partial charge is 0.196 e. The van der Waals surface area contributed by atoms with E-state index in [4.69, 9.17) is 4.42 Å². The molecule has 0 radical (unpaired) electrons. The van der Waals surface area contributed by atoms with Gasteiger partial charge in [-0.15, -0.1) is 0 Å². The first-order valence-corrected chi connectivity index (χ1v) is 6.63. The van der Waals surface area contributed by atoms with Crippen molar-refractivity contribution in [2.45, 2.75) is 11.2 Å². The lowest BCUT2D eigenvalue weighted by Gasteiger charge is -2.06. The number of alkyl halides is 1. The SMILES string of the molecule is BrC(Cc1nc2ccccc2o1)c1ccncc1. The highest BCUT2D eigenvalue weighted by Crippen LogP contribution is 2.27. The van der Waals surface area contributed by atoms with Crippen molar-refractivity contribution < 1.29 is 4.42 Å². The van der Waals surface area contributed by atoms with E-state index in [0.29, 0.717) is 0 Å². The summed E-state index contributed by atoms with van der Waals surface area (Å²) in [5, 5.41) is 0. The van der Waals surface area contributed by atoms with Crippen molar-refractivity contribution in [3.8, 4) is 0 Å². The number of benzene rings is 1. The van der Waals surface area contributed by atoms with Gasteiger partial charge in [-0.2, -0.15) is 0 Å². The van der Waals surface area contributed by atoms with E-state index in [2.05, 4.69) is 25.9 Å². The monoisotopic (exact) mass is 302 g/mol. The van der Waals surface area contributed by atoms with Crippen LogP contribution in [0.3, 0.4) is 0 Å². The van der Waals surface area contributed by atoms with Gasteiger partial charge in [-0.3, -0.25) is 4.98 Å². The summed E-state index contributed by atoms with van der Waals surface area (Å²) in [7, 11) is 0. The van der Waals surface area contributed by atoms with Gasteiger partial charge in [-0.25, -0.2) is 4.98 Å². The highest BCUT2D eigenvalue weighted by molar-refractivity contribution is 9.09. The summed E-state index contributed by atoms with van der Waals surface area (Å²) < 4.78 is 5.70. The molecule has 0 spiro atoms. The predicted octanol–water partition coefficient (Wildman–Crippen LogP) is 3.90. The molecule has 0 fully saturated rings. The van der Waals surface area contributed by atoms with E-state index in [1.807, 2.05) is 36.4 Å². The fourth-order valence-electron chi connectivity index (χ4n) is 1.85. The zero-order chi connectivity index (χ0) is 12.4. The molecule has 1 aromatic carbocycles. The van der Waals surface area contributed by atoms with Gasteiger partial charge in [0, 0.05) is 23.6 Å². The minimum atomic E-state index is 0.188. The zero-order valence-corrected chi connectivity index (χ0v) is 11.2. The highest BCUT2D eigenvalue weighted by atomic mass is 79.9. The van der Waals surface area contributed by atoms with Crippen LogP contribution in [-0.2, 0) is 6.42 Å². The molecular formula is C14H11BrN2O. The van der Waals surface area contributed by atoms with E-state index in [-0.39, 0.29) is 4.83 Å². The number of oxazole rings is 1. The number of rotatable bonds is 3. The van der Waals surface area contributed by atoms with Gasteiger partial charge in [0.2, 0.25) is 0 Å². The van der Waals surface area contributed by atoms with Crippen molar-refractivity contribution in [1.82, 2.24) is 9.97 Å². The molecule has 3 nitrogen and oxygen atoms in total. The first-order valence-electron chi connectivity index (χ1n) is 5.71. The molecule has 0 saturated heterocycles. The maximum Gasteiger partial charge on any atom is 0.196 e. The molecule has 0 N–H and O–H groups in total. The van der Waals surface area contributed by atoms with E-state index in [9.17, 15) is 0 Å². The van der Waals surface area contributed by atoms with E-state index in [1.165, 1.54) is 5.56 Å². The standard InChI is InChI=1S/C14H11BrN2O/c15-11(10-5-7-16-8-6-10)9-14-17-12-3-1-2-4-13(12)18-14/h1-8,11H,9H2. The van der Waals surface area contributed by atoms with E-state index in [0.717, 1.165) is 23.4 Å². The van der Waals surface area contributed by atoms with Gasteiger partial charge in [-0.1, -0.05) is 28.1 Å². The van der Waals surface area contributed by atoms with Crippen LogP contribution in [0.1, 0.15) is 16.3 Å². The number of para-hydroxylation sites is 2. The van der Waals surface area contributed by atoms with E-state index < -0.39 is 0 Å². The third-order valence-electron chi connectivity index (χ3n) is 2.76. The molecule has 2 aromatic heterocycles. The Labute approximate surface area is 113 Å². The topological polar surface area (TPSA) is 38.9 Å². The van der Waals surface area contributed by atoms with Gasteiger partial charge < -0.3 is 4.42 Å². The van der Waals surface area contributed by atoms with Crippen LogP contribution in [-0.4, -0.2) is 9.97 Å². The largest absolute Gasteiger partial charge is 0.441 e. The Hall–Kier alpha value is -1.68. The normalized spacial score (nSPS) is 12.7. The van der Waals surface area contributed by atoms with Gasteiger partial charge in [0.05, 0.1) is 0 Å². The summed E-state index contributed by atoms with van der Waals surface area (Å²) >= 11 is 3.65. The molecule has 3 rings (SSSR count). The van der Waals surface area contributed by atoms with Crippen LogP contribution >= 0.6 is 15.9 Å². The number of hydrogen-bond donors (Lipinski definition) is 0. The first kappa shape index (κ1) is 11.4. The van der Waals surface area contributed by atoms with Crippen molar-refractivity contribution in [2.75, 3.05) is 0 Å². The summed E-state index contributed by atoms with van der Waals surface area (Å²) in [6.45, 7) is 0. The summed E-state index contributed by atoms with van der Waals surface area (Å²) in [5.41, 5.74) is 2.91. The minimum Gasteiger partial charge on any atom is -0.441 e. The molecule has 0 aliphatic rings. The molecule has 1 atom stereocenters. The fraction of sp³-hybridized carbons (Fsp3) is 0.143. The summed E-state index contributed by atoms with van der Waals surface area (Å²) in [6, 6.07) is 11.8. The molecular weight excluding hydrogens is 292 g/mol. The Morgan fingerprint density at radius 3 is 2.67 bits per heavy atom. The number of hydrogen-bond acceptors (Lipinski definition) is 3. The van der Waals surface area contributed by atoms with Gasteiger partial charge in [0.1, 0.15) is 5.52 Å². The second kappa shape index (κ2) is 4.90. The van der Waals surface area contributed by atoms with Gasteiger partial charge in [0.15, 0.2) is 11.5 Å². The lowest BCUT2D eigenvalue weighted by atomic mass is 10.1. The number of aromatic nitrogens is 2. The Kier molecular flexibility index (Phi) is 3.11. The molecule has 0 saturated carbocycles. The number of halogens is 1. The van der Waals surface area contributed by atoms with Crippen LogP contribution in [0.2, 0.25) is 0 Å². The summed E-state index contributed by atoms with van der Waals surface area (Å²) in [6.07, 6.45) is 4.30. The average molecular weight is 303 g/mol.